The Balaban J connectivity index is 2.54. The van der Waals surface area contributed by atoms with Gasteiger partial charge in [-0.3, -0.25) is 0 Å². The second kappa shape index (κ2) is 7.82. The maximum atomic E-state index is 12.7. The van der Waals surface area contributed by atoms with Gasteiger partial charge < -0.3 is 9.47 Å². The van der Waals surface area contributed by atoms with E-state index in [1.54, 1.807) is 6.07 Å². The lowest BCUT2D eigenvalue weighted by Crippen LogP contribution is -2.20. The van der Waals surface area contributed by atoms with Crippen LogP contribution in [0.5, 0.6) is 0 Å². The van der Waals surface area contributed by atoms with Crippen molar-refractivity contribution in [3.8, 4) is 0 Å². The van der Waals surface area contributed by atoms with Crippen molar-refractivity contribution in [3.05, 3.63) is 34.4 Å². The van der Waals surface area contributed by atoms with Crippen LogP contribution in [-0.4, -0.2) is 18.2 Å². The van der Waals surface area contributed by atoms with Gasteiger partial charge in [0.25, 0.3) is 0 Å². The van der Waals surface area contributed by atoms with E-state index in [0.717, 1.165) is 30.4 Å². The molecule has 0 aliphatic carbocycles. The number of carbonyl (C=O) groups is 2. The predicted molar refractivity (Wildman–Crippen MR) is 93.1 cm³/mol. The molecule has 2 rings (SSSR count). The molecule has 4 nitrogen and oxygen atoms in total. The summed E-state index contributed by atoms with van der Waals surface area (Å²) in [4.78, 5) is 25.2. The zero-order valence-corrected chi connectivity index (χ0v) is 15.3. The Kier molecular flexibility index (Phi) is 6.03. The second-order valence-corrected chi connectivity index (χ2v) is 7.35. The molecule has 24 heavy (non-hydrogen) atoms. The summed E-state index contributed by atoms with van der Waals surface area (Å²) in [6, 6.07) is 3.68. The molecule has 0 N–H and O–H groups in total. The van der Waals surface area contributed by atoms with E-state index in [0.29, 0.717) is 29.4 Å². The van der Waals surface area contributed by atoms with E-state index < -0.39 is 18.2 Å². The molecule has 0 bridgehead atoms. The standard InChI is InChI=1S/C20H28O4/c1-6-7-17-23-19(21)15-9-8-14(10-12(2)3)16(11-13(4)5)18(15)20(22)24-17/h8-9,12-13,17H,6-7,10-11H2,1-5H3. The topological polar surface area (TPSA) is 52.6 Å². The van der Waals surface area contributed by atoms with Crippen LogP contribution in [0.4, 0.5) is 0 Å². The normalized spacial score (nSPS) is 17.5. The number of esters is 2. The first kappa shape index (κ1) is 18.5. The molecule has 132 valence electrons. The Labute approximate surface area is 144 Å². The zero-order valence-electron chi connectivity index (χ0n) is 15.3. The Morgan fingerprint density at radius 3 is 2.17 bits per heavy atom. The molecule has 1 heterocycles. The van der Waals surface area contributed by atoms with Gasteiger partial charge in [-0.2, -0.15) is 0 Å². The summed E-state index contributed by atoms with van der Waals surface area (Å²) >= 11 is 0. The number of fused-ring (bicyclic) bond motifs is 1. The van der Waals surface area contributed by atoms with Gasteiger partial charge in [0, 0.05) is 6.42 Å². The molecular formula is C20H28O4. The average Bonchev–Trinajstić information content (AvgIpc) is 2.58. The maximum absolute atomic E-state index is 12.7. The van der Waals surface area contributed by atoms with Crippen molar-refractivity contribution in [3.63, 3.8) is 0 Å². The minimum Gasteiger partial charge on any atom is -0.422 e. The zero-order chi connectivity index (χ0) is 17.9. The highest BCUT2D eigenvalue weighted by Gasteiger charge is 2.32. The Bertz CT molecular complexity index is 616. The number of hydrogen-bond donors (Lipinski definition) is 0. The van der Waals surface area contributed by atoms with Crippen LogP contribution in [-0.2, 0) is 22.3 Å². The molecule has 1 aromatic carbocycles. The molecule has 1 unspecified atom stereocenters. The summed E-state index contributed by atoms with van der Waals surface area (Å²) in [6.45, 7) is 10.5. The fourth-order valence-electron chi connectivity index (χ4n) is 3.11. The minimum absolute atomic E-state index is 0.335. The highest BCUT2D eigenvalue weighted by Crippen LogP contribution is 2.29. The van der Waals surface area contributed by atoms with E-state index in [2.05, 4.69) is 27.7 Å². The minimum atomic E-state index is -0.789. The summed E-state index contributed by atoms with van der Waals surface area (Å²) in [6.07, 6.45) is 2.12. The smallest absolute Gasteiger partial charge is 0.342 e. The third kappa shape index (κ3) is 4.16. The van der Waals surface area contributed by atoms with Crippen LogP contribution < -0.4 is 0 Å². The SMILES string of the molecule is CCCC1OC(=O)c2ccc(CC(C)C)c(CC(C)C)c2C(=O)O1. The third-order valence-corrected chi connectivity index (χ3v) is 4.08. The fraction of sp³-hybridized carbons (Fsp3) is 0.600. The van der Waals surface area contributed by atoms with Gasteiger partial charge in [0.05, 0.1) is 11.1 Å². The summed E-state index contributed by atoms with van der Waals surface area (Å²) in [5.41, 5.74) is 2.80. The van der Waals surface area contributed by atoms with Crippen LogP contribution >= 0.6 is 0 Å². The van der Waals surface area contributed by atoms with E-state index in [9.17, 15) is 9.59 Å². The quantitative estimate of drug-likeness (QED) is 0.718. The van der Waals surface area contributed by atoms with E-state index in [1.807, 2.05) is 13.0 Å². The van der Waals surface area contributed by atoms with Crippen molar-refractivity contribution in [2.45, 2.75) is 66.6 Å². The van der Waals surface area contributed by atoms with Crippen molar-refractivity contribution >= 4 is 11.9 Å². The maximum Gasteiger partial charge on any atom is 0.342 e. The summed E-state index contributed by atoms with van der Waals surface area (Å²) in [5.74, 6) is -0.0533. The molecule has 0 aromatic heterocycles. The predicted octanol–water partition coefficient (Wildman–Crippen LogP) is 4.54. The fourth-order valence-corrected chi connectivity index (χ4v) is 3.11. The molecule has 0 saturated carbocycles. The highest BCUT2D eigenvalue weighted by molar-refractivity contribution is 6.05. The number of rotatable bonds is 6. The largest absolute Gasteiger partial charge is 0.422 e. The molecule has 1 aliphatic heterocycles. The Morgan fingerprint density at radius 2 is 1.58 bits per heavy atom. The van der Waals surface area contributed by atoms with Crippen LogP contribution in [0.3, 0.4) is 0 Å². The van der Waals surface area contributed by atoms with Gasteiger partial charge in [-0.15, -0.1) is 0 Å². The van der Waals surface area contributed by atoms with Crippen LogP contribution in [0.1, 0.15) is 79.3 Å². The van der Waals surface area contributed by atoms with Gasteiger partial charge in [0.1, 0.15) is 0 Å². The molecule has 0 radical (unpaired) electrons. The lowest BCUT2D eigenvalue weighted by atomic mass is 9.87. The van der Waals surface area contributed by atoms with Crippen molar-refractivity contribution in [2.24, 2.45) is 11.8 Å². The Morgan fingerprint density at radius 1 is 0.958 bits per heavy atom. The first-order chi connectivity index (χ1) is 11.3. The summed E-state index contributed by atoms with van der Waals surface area (Å²) in [5, 5.41) is 0. The molecule has 1 aliphatic rings. The average molecular weight is 332 g/mol. The summed E-state index contributed by atoms with van der Waals surface area (Å²) in [7, 11) is 0. The van der Waals surface area contributed by atoms with Crippen LogP contribution in [0.15, 0.2) is 12.1 Å². The lowest BCUT2D eigenvalue weighted by molar-refractivity contribution is -0.0794. The highest BCUT2D eigenvalue weighted by atomic mass is 16.7. The van der Waals surface area contributed by atoms with E-state index in [4.69, 9.17) is 9.47 Å². The molecular weight excluding hydrogens is 304 g/mol. The Hall–Kier alpha value is -1.84. The van der Waals surface area contributed by atoms with Crippen LogP contribution in [0, 0.1) is 11.8 Å². The van der Waals surface area contributed by atoms with Crippen molar-refractivity contribution in [1.29, 1.82) is 0 Å². The molecule has 0 saturated heterocycles. The number of cyclic esters (lactones) is 2. The van der Waals surface area contributed by atoms with Gasteiger partial charge in [-0.25, -0.2) is 9.59 Å². The van der Waals surface area contributed by atoms with Crippen molar-refractivity contribution < 1.29 is 19.1 Å². The van der Waals surface area contributed by atoms with Crippen molar-refractivity contribution in [1.82, 2.24) is 0 Å². The van der Waals surface area contributed by atoms with Crippen LogP contribution in [0.2, 0.25) is 0 Å². The van der Waals surface area contributed by atoms with E-state index in [-0.39, 0.29) is 0 Å². The number of carbonyl (C=O) groups excluding carboxylic acids is 2. The van der Waals surface area contributed by atoms with Gasteiger partial charge in [-0.1, -0.05) is 40.7 Å². The first-order valence-corrected chi connectivity index (χ1v) is 8.90. The molecule has 0 spiro atoms. The van der Waals surface area contributed by atoms with E-state index in [1.165, 1.54) is 0 Å². The van der Waals surface area contributed by atoms with Gasteiger partial charge >= 0.3 is 11.9 Å². The van der Waals surface area contributed by atoms with Gasteiger partial charge in [0.2, 0.25) is 6.29 Å². The van der Waals surface area contributed by atoms with Gasteiger partial charge in [-0.05, 0) is 48.3 Å². The first-order valence-electron chi connectivity index (χ1n) is 8.90. The molecule has 0 amide bonds. The molecule has 0 fully saturated rings. The van der Waals surface area contributed by atoms with E-state index >= 15 is 0 Å². The van der Waals surface area contributed by atoms with Gasteiger partial charge in [0.15, 0.2) is 0 Å². The molecule has 1 aromatic rings. The number of hydrogen-bond acceptors (Lipinski definition) is 4. The number of ether oxygens (including phenoxy) is 2. The third-order valence-electron chi connectivity index (χ3n) is 4.08. The molecule has 4 heteroatoms. The van der Waals surface area contributed by atoms with Crippen LogP contribution in [0.25, 0.3) is 0 Å². The monoisotopic (exact) mass is 332 g/mol. The number of benzene rings is 1. The summed E-state index contributed by atoms with van der Waals surface area (Å²) < 4.78 is 10.8. The lowest BCUT2D eigenvalue weighted by Gasteiger charge is -2.18. The van der Waals surface area contributed by atoms with Crippen molar-refractivity contribution in [2.75, 3.05) is 0 Å². The second-order valence-electron chi connectivity index (χ2n) is 7.35. The molecule has 1 atom stereocenters.